The largest absolute Gasteiger partial charge is 0.268 e. The zero-order valence-electron chi connectivity index (χ0n) is 14.0. The Hall–Kier alpha value is -2.55. The molecule has 6 nitrogen and oxygen atoms in total. The maximum Gasteiger partial charge on any atom is 0.266 e. The summed E-state index contributed by atoms with van der Waals surface area (Å²) in [7, 11) is -3.81. The van der Waals surface area contributed by atoms with Crippen LogP contribution in [0.4, 0.5) is 4.39 Å². The summed E-state index contributed by atoms with van der Waals surface area (Å²) in [6, 6.07) is 14.6. The number of aromatic nitrogens is 2. The molecule has 1 N–H and O–H groups in total. The van der Waals surface area contributed by atoms with E-state index in [4.69, 9.17) is 11.6 Å². The van der Waals surface area contributed by atoms with Crippen LogP contribution in [-0.4, -0.2) is 24.7 Å². The fourth-order valence-corrected chi connectivity index (χ4v) is 3.95. The number of halogens is 2. The van der Waals surface area contributed by atoms with Crippen LogP contribution in [0.1, 0.15) is 0 Å². The van der Waals surface area contributed by atoms with Gasteiger partial charge in [-0.2, -0.15) is 5.10 Å². The van der Waals surface area contributed by atoms with Gasteiger partial charge in [-0.1, -0.05) is 23.7 Å². The van der Waals surface area contributed by atoms with E-state index < -0.39 is 10.0 Å². The fourth-order valence-electron chi connectivity index (χ4n) is 2.41. The van der Waals surface area contributed by atoms with Crippen molar-refractivity contribution >= 4 is 21.6 Å². The molecule has 0 aliphatic heterocycles. The Morgan fingerprint density at radius 3 is 2.44 bits per heavy atom. The lowest BCUT2D eigenvalue weighted by atomic mass is 10.1. The topological polar surface area (TPSA) is 81.1 Å². The van der Waals surface area contributed by atoms with E-state index in [0.29, 0.717) is 11.3 Å². The van der Waals surface area contributed by atoms with Crippen LogP contribution in [0.15, 0.2) is 70.4 Å². The minimum absolute atomic E-state index is 0.0253. The second kappa shape index (κ2) is 7.99. The molecule has 0 aliphatic rings. The Labute approximate surface area is 160 Å². The normalized spacial score (nSPS) is 11.5. The van der Waals surface area contributed by atoms with Crippen molar-refractivity contribution in [2.45, 2.75) is 11.4 Å². The van der Waals surface area contributed by atoms with E-state index in [0.717, 1.165) is 4.68 Å². The summed E-state index contributed by atoms with van der Waals surface area (Å²) in [4.78, 5) is 11.9. The van der Waals surface area contributed by atoms with Gasteiger partial charge < -0.3 is 0 Å². The zero-order chi connectivity index (χ0) is 19.4. The van der Waals surface area contributed by atoms with Gasteiger partial charge in [0, 0.05) is 18.2 Å². The van der Waals surface area contributed by atoms with Crippen LogP contribution in [0, 0.1) is 5.82 Å². The number of hydrogen-bond acceptors (Lipinski definition) is 4. The quantitative estimate of drug-likeness (QED) is 0.681. The molecule has 3 rings (SSSR count). The summed E-state index contributed by atoms with van der Waals surface area (Å²) in [6.45, 7) is -0.0229. The molecule has 2 aromatic carbocycles. The van der Waals surface area contributed by atoms with Crippen molar-refractivity contribution in [1.82, 2.24) is 14.5 Å². The molecule has 0 fully saturated rings. The second-order valence-corrected chi connectivity index (χ2v) is 7.76. The molecule has 1 heterocycles. The number of nitrogens with one attached hydrogen (secondary N) is 1. The first-order valence-corrected chi connectivity index (χ1v) is 9.81. The minimum Gasteiger partial charge on any atom is -0.268 e. The van der Waals surface area contributed by atoms with E-state index in [1.807, 2.05) is 0 Å². The SMILES string of the molecule is O=c1ccc(-c2ccc(F)cc2)nn1CCNS(=O)(=O)c1ccccc1Cl. The third-order valence-electron chi connectivity index (χ3n) is 3.75. The van der Waals surface area contributed by atoms with Gasteiger partial charge in [0.25, 0.3) is 5.56 Å². The average molecular weight is 408 g/mol. The lowest BCUT2D eigenvalue weighted by Gasteiger charge is -2.10. The Kier molecular flexibility index (Phi) is 5.69. The van der Waals surface area contributed by atoms with Crippen molar-refractivity contribution in [3.63, 3.8) is 0 Å². The van der Waals surface area contributed by atoms with Gasteiger partial charge in [0.15, 0.2) is 0 Å². The number of benzene rings is 2. The molecule has 0 amide bonds. The van der Waals surface area contributed by atoms with E-state index in [1.165, 1.54) is 36.4 Å². The van der Waals surface area contributed by atoms with E-state index in [2.05, 4.69) is 9.82 Å². The van der Waals surface area contributed by atoms with Crippen molar-refractivity contribution in [1.29, 1.82) is 0 Å². The molecule has 9 heteroatoms. The number of sulfonamides is 1. The molecule has 3 aromatic rings. The summed E-state index contributed by atoms with van der Waals surface area (Å²) in [5, 5.41) is 4.31. The summed E-state index contributed by atoms with van der Waals surface area (Å²) in [6.07, 6.45) is 0. The minimum atomic E-state index is -3.81. The second-order valence-electron chi connectivity index (χ2n) is 5.62. The lowest BCUT2D eigenvalue weighted by molar-refractivity contribution is 0.549. The average Bonchev–Trinajstić information content (AvgIpc) is 2.64. The van der Waals surface area contributed by atoms with Crippen LogP contribution in [-0.2, 0) is 16.6 Å². The summed E-state index contributed by atoms with van der Waals surface area (Å²) < 4.78 is 41.2. The van der Waals surface area contributed by atoms with Crippen LogP contribution < -0.4 is 10.3 Å². The highest BCUT2D eigenvalue weighted by atomic mass is 35.5. The van der Waals surface area contributed by atoms with Gasteiger partial charge in [0.2, 0.25) is 10.0 Å². The molecule has 0 saturated carbocycles. The van der Waals surface area contributed by atoms with Gasteiger partial charge in [-0.05, 0) is 42.5 Å². The van der Waals surface area contributed by atoms with Crippen LogP contribution >= 0.6 is 11.6 Å². The first kappa shape index (κ1) is 19.2. The Morgan fingerprint density at radius 1 is 1.04 bits per heavy atom. The number of nitrogens with zero attached hydrogens (tertiary/aromatic N) is 2. The standard InChI is InChI=1S/C18H15ClFN3O3S/c19-15-3-1-2-4-17(15)27(25,26)21-11-12-23-18(24)10-9-16(22-23)13-5-7-14(20)8-6-13/h1-10,21H,11-12H2. The first-order chi connectivity index (χ1) is 12.9. The molecule has 0 radical (unpaired) electrons. The summed E-state index contributed by atoms with van der Waals surface area (Å²) in [5.41, 5.74) is 0.739. The third kappa shape index (κ3) is 4.60. The van der Waals surface area contributed by atoms with Gasteiger partial charge >= 0.3 is 0 Å². The van der Waals surface area contributed by atoms with E-state index in [-0.39, 0.29) is 34.4 Å². The molecular weight excluding hydrogens is 393 g/mol. The summed E-state index contributed by atoms with van der Waals surface area (Å²) in [5.74, 6) is -0.374. The van der Waals surface area contributed by atoms with Gasteiger partial charge in [0.1, 0.15) is 10.7 Å². The molecule has 0 bridgehead atoms. The van der Waals surface area contributed by atoms with Gasteiger partial charge in [0.05, 0.1) is 17.3 Å². The Morgan fingerprint density at radius 2 is 1.74 bits per heavy atom. The van der Waals surface area contributed by atoms with Crippen molar-refractivity contribution < 1.29 is 12.8 Å². The highest BCUT2D eigenvalue weighted by Gasteiger charge is 2.16. The molecule has 0 spiro atoms. The van der Waals surface area contributed by atoms with E-state index >= 15 is 0 Å². The molecule has 0 atom stereocenters. The lowest BCUT2D eigenvalue weighted by Crippen LogP contribution is -2.32. The summed E-state index contributed by atoms with van der Waals surface area (Å²) >= 11 is 5.92. The molecule has 1 aromatic heterocycles. The molecule has 0 aliphatic carbocycles. The maximum absolute atomic E-state index is 13.0. The van der Waals surface area contributed by atoms with Gasteiger partial charge in [-0.25, -0.2) is 22.2 Å². The highest BCUT2D eigenvalue weighted by molar-refractivity contribution is 7.89. The predicted octanol–water partition coefficient (Wildman–Crippen LogP) is 2.68. The fraction of sp³-hybridized carbons (Fsp3) is 0.111. The van der Waals surface area contributed by atoms with Crippen LogP contribution in [0.2, 0.25) is 5.02 Å². The van der Waals surface area contributed by atoms with E-state index in [1.54, 1.807) is 24.3 Å². The monoisotopic (exact) mass is 407 g/mol. The van der Waals surface area contributed by atoms with Gasteiger partial charge in [-0.15, -0.1) is 0 Å². The van der Waals surface area contributed by atoms with Crippen LogP contribution in [0.5, 0.6) is 0 Å². The molecule has 140 valence electrons. The smallest absolute Gasteiger partial charge is 0.266 e. The van der Waals surface area contributed by atoms with Crippen molar-refractivity contribution in [2.75, 3.05) is 6.54 Å². The van der Waals surface area contributed by atoms with Crippen LogP contribution in [0.3, 0.4) is 0 Å². The van der Waals surface area contributed by atoms with Crippen molar-refractivity contribution in [3.8, 4) is 11.3 Å². The molecule has 0 unspecified atom stereocenters. The van der Waals surface area contributed by atoms with Crippen molar-refractivity contribution in [2.24, 2.45) is 0 Å². The maximum atomic E-state index is 13.0. The van der Waals surface area contributed by atoms with Gasteiger partial charge in [-0.3, -0.25) is 4.79 Å². The van der Waals surface area contributed by atoms with E-state index in [9.17, 15) is 17.6 Å². The molecule has 27 heavy (non-hydrogen) atoms. The first-order valence-electron chi connectivity index (χ1n) is 7.95. The van der Waals surface area contributed by atoms with Crippen molar-refractivity contribution in [3.05, 3.63) is 81.9 Å². The zero-order valence-corrected chi connectivity index (χ0v) is 15.5. The highest BCUT2D eigenvalue weighted by Crippen LogP contribution is 2.20. The number of hydrogen-bond donors (Lipinski definition) is 1. The molecule has 0 saturated heterocycles. The Bertz CT molecular complexity index is 1120. The predicted molar refractivity (Wildman–Crippen MR) is 101 cm³/mol. The molecular formula is C18H15ClFN3O3S. The van der Waals surface area contributed by atoms with Crippen LogP contribution in [0.25, 0.3) is 11.3 Å². The number of rotatable bonds is 6. The third-order valence-corrected chi connectivity index (χ3v) is 5.71. The Balaban J connectivity index is 1.75.